The number of nitrogens with zero attached hydrogens (tertiary/aromatic N) is 3. The first-order valence-corrected chi connectivity index (χ1v) is 7.88. The zero-order chi connectivity index (χ0) is 15.5. The van der Waals surface area contributed by atoms with Crippen molar-refractivity contribution < 1.29 is 14.6 Å². The summed E-state index contributed by atoms with van der Waals surface area (Å²) in [4.78, 5) is 17.9. The van der Waals surface area contributed by atoms with E-state index in [1.54, 1.807) is 11.3 Å². The van der Waals surface area contributed by atoms with E-state index in [0.29, 0.717) is 13.0 Å². The largest absolute Gasteiger partial charge is 0.441 e. The lowest BCUT2D eigenvalue weighted by Crippen LogP contribution is -2.25. The second-order valence-corrected chi connectivity index (χ2v) is 6.19. The van der Waals surface area contributed by atoms with E-state index in [-0.39, 0.29) is 6.61 Å². The van der Waals surface area contributed by atoms with Gasteiger partial charge in [0.15, 0.2) is 0 Å². The van der Waals surface area contributed by atoms with E-state index in [1.807, 2.05) is 18.2 Å². The molecule has 7 heteroatoms. The number of anilines is 1. The van der Waals surface area contributed by atoms with Crippen molar-refractivity contribution in [2.75, 3.05) is 18.1 Å². The molecule has 1 N–H and O–H groups in total. The fourth-order valence-electron chi connectivity index (χ4n) is 2.38. The molecule has 1 amide bonds. The van der Waals surface area contributed by atoms with Gasteiger partial charge in [0.25, 0.3) is 0 Å². The van der Waals surface area contributed by atoms with Crippen LogP contribution in [0, 0.1) is 11.3 Å². The fraction of sp³-hybridized carbons (Fsp3) is 0.400. The zero-order valence-corrected chi connectivity index (χ0v) is 12.7. The Kier molecular flexibility index (Phi) is 4.22. The minimum Gasteiger partial charge on any atom is -0.441 e. The van der Waals surface area contributed by atoms with E-state index >= 15 is 0 Å². The number of aromatic nitrogens is 1. The summed E-state index contributed by atoms with van der Waals surface area (Å²) >= 11 is 1.58. The zero-order valence-electron chi connectivity index (χ0n) is 11.9. The van der Waals surface area contributed by atoms with Crippen molar-refractivity contribution in [3.05, 3.63) is 23.2 Å². The average Bonchev–Trinajstić information content (AvgIpc) is 3.09. The molecule has 2 heterocycles. The van der Waals surface area contributed by atoms with Crippen LogP contribution in [0.2, 0.25) is 0 Å². The Labute approximate surface area is 131 Å². The third-order valence-electron chi connectivity index (χ3n) is 3.48. The smallest absolute Gasteiger partial charge is 0.414 e. The van der Waals surface area contributed by atoms with Crippen LogP contribution in [0.3, 0.4) is 0 Å². The lowest BCUT2D eigenvalue weighted by molar-refractivity contribution is 0.0963. The number of thiazole rings is 1. The maximum absolute atomic E-state index is 11.8. The topological polar surface area (TPSA) is 86.5 Å². The first-order valence-electron chi connectivity index (χ1n) is 7.06. The number of amides is 1. The number of unbranched alkanes of at least 4 members (excludes halogenated alkanes) is 1. The van der Waals surface area contributed by atoms with Gasteiger partial charge in [-0.15, -0.1) is 11.3 Å². The quantitative estimate of drug-likeness (QED) is 0.856. The van der Waals surface area contributed by atoms with Crippen molar-refractivity contribution in [1.82, 2.24) is 4.98 Å². The Morgan fingerprint density at radius 2 is 2.41 bits per heavy atom. The lowest BCUT2D eigenvalue weighted by atomic mass is 10.2. The van der Waals surface area contributed by atoms with Crippen LogP contribution in [0.15, 0.2) is 18.2 Å². The minimum absolute atomic E-state index is 0.173. The molecule has 0 aliphatic carbocycles. The molecule has 0 radical (unpaired) electrons. The van der Waals surface area contributed by atoms with Gasteiger partial charge in [0.2, 0.25) is 0 Å². The van der Waals surface area contributed by atoms with Crippen molar-refractivity contribution in [3.8, 4) is 6.07 Å². The maximum atomic E-state index is 11.8. The van der Waals surface area contributed by atoms with Gasteiger partial charge in [0, 0.05) is 18.5 Å². The molecule has 1 aromatic heterocycles. The third-order valence-corrected chi connectivity index (χ3v) is 4.56. The number of hydrogen-bond acceptors (Lipinski definition) is 6. The molecule has 1 aliphatic rings. The SMILES string of the molecule is N#CCCCc1nc2ccc(N3CC(CO)OC3=O)cc2s1. The van der Waals surface area contributed by atoms with Gasteiger partial charge in [-0.3, -0.25) is 4.90 Å². The highest BCUT2D eigenvalue weighted by Gasteiger charge is 2.31. The first-order chi connectivity index (χ1) is 10.7. The highest BCUT2D eigenvalue weighted by molar-refractivity contribution is 7.18. The number of nitriles is 1. The molecule has 0 spiro atoms. The van der Waals surface area contributed by atoms with Crippen LogP contribution in [0.25, 0.3) is 10.2 Å². The van der Waals surface area contributed by atoms with Crippen molar-refractivity contribution in [3.63, 3.8) is 0 Å². The predicted octanol–water partition coefficient (Wildman–Crippen LogP) is 2.46. The second-order valence-electron chi connectivity index (χ2n) is 5.07. The molecule has 3 rings (SSSR count). The molecule has 22 heavy (non-hydrogen) atoms. The van der Waals surface area contributed by atoms with Gasteiger partial charge in [-0.1, -0.05) is 0 Å². The van der Waals surface area contributed by atoms with Crippen LogP contribution in [0.1, 0.15) is 17.8 Å². The Morgan fingerprint density at radius 3 is 3.14 bits per heavy atom. The Hall–Kier alpha value is -2.17. The fourth-order valence-corrected chi connectivity index (χ4v) is 3.42. The molecule has 2 aromatic rings. The molecule has 1 aromatic carbocycles. The monoisotopic (exact) mass is 317 g/mol. The van der Waals surface area contributed by atoms with Gasteiger partial charge in [-0.25, -0.2) is 9.78 Å². The molecule has 114 valence electrons. The van der Waals surface area contributed by atoms with Gasteiger partial charge in [0.05, 0.1) is 34.4 Å². The van der Waals surface area contributed by atoms with Gasteiger partial charge >= 0.3 is 6.09 Å². The number of aryl methyl sites for hydroxylation is 1. The lowest BCUT2D eigenvalue weighted by Gasteiger charge is -2.12. The van der Waals surface area contributed by atoms with Crippen LogP contribution < -0.4 is 4.90 Å². The van der Waals surface area contributed by atoms with Crippen molar-refractivity contribution in [2.24, 2.45) is 0 Å². The number of carbonyl (C=O) groups excluding carboxylic acids is 1. The van der Waals surface area contributed by atoms with Crippen LogP contribution in [0.4, 0.5) is 10.5 Å². The number of benzene rings is 1. The molecule has 1 unspecified atom stereocenters. The summed E-state index contributed by atoms with van der Waals surface area (Å²) in [5.74, 6) is 0. The van der Waals surface area contributed by atoms with Crippen LogP contribution in [-0.4, -0.2) is 35.4 Å². The van der Waals surface area contributed by atoms with Crippen molar-refractivity contribution in [2.45, 2.75) is 25.4 Å². The summed E-state index contributed by atoms with van der Waals surface area (Å²) in [7, 11) is 0. The molecule has 0 bridgehead atoms. The summed E-state index contributed by atoms with van der Waals surface area (Å²) in [6, 6.07) is 7.77. The summed E-state index contributed by atoms with van der Waals surface area (Å²) in [5, 5.41) is 18.7. The highest BCUT2D eigenvalue weighted by Crippen LogP contribution is 2.29. The third kappa shape index (κ3) is 2.89. The molecule has 0 saturated carbocycles. The molecule has 1 saturated heterocycles. The minimum atomic E-state index is -0.466. The molecule has 6 nitrogen and oxygen atoms in total. The molecule has 1 atom stereocenters. The predicted molar refractivity (Wildman–Crippen MR) is 82.9 cm³/mol. The van der Waals surface area contributed by atoms with Gasteiger partial charge in [-0.2, -0.15) is 5.26 Å². The van der Waals surface area contributed by atoms with E-state index in [1.165, 1.54) is 4.90 Å². The molecular weight excluding hydrogens is 302 g/mol. The van der Waals surface area contributed by atoms with Crippen LogP contribution in [0.5, 0.6) is 0 Å². The number of fused-ring (bicyclic) bond motifs is 1. The number of ether oxygens (including phenoxy) is 1. The number of cyclic esters (lactones) is 1. The number of hydrogen-bond donors (Lipinski definition) is 1. The summed E-state index contributed by atoms with van der Waals surface area (Å²) in [6.45, 7) is 0.183. The maximum Gasteiger partial charge on any atom is 0.414 e. The van der Waals surface area contributed by atoms with Gasteiger partial charge < -0.3 is 9.84 Å². The number of aliphatic hydroxyl groups excluding tert-OH is 1. The van der Waals surface area contributed by atoms with E-state index in [4.69, 9.17) is 15.1 Å². The normalized spacial score (nSPS) is 17.7. The molecule has 1 fully saturated rings. The Balaban J connectivity index is 1.81. The van der Waals surface area contributed by atoms with Gasteiger partial charge in [0.1, 0.15) is 6.10 Å². The summed E-state index contributed by atoms with van der Waals surface area (Å²) in [6.07, 6.45) is 1.23. The van der Waals surface area contributed by atoms with Crippen LogP contribution >= 0.6 is 11.3 Å². The number of rotatable bonds is 5. The summed E-state index contributed by atoms with van der Waals surface area (Å²) in [5.41, 5.74) is 1.65. The number of carbonyl (C=O) groups is 1. The molecule has 1 aliphatic heterocycles. The Morgan fingerprint density at radius 1 is 1.55 bits per heavy atom. The average molecular weight is 317 g/mol. The van der Waals surface area contributed by atoms with E-state index < -0.39 is 12.2 Å². The standard InChI is InChI=1S/C15H15N3O3S/c16-6-2-1-3-14-17-12-5-4-10(7-13(12)22-14)18-8-11(9-19)21-15(18)20/h4-5,7,11,19H,1-3,8-9H2. The molecular formula is C15H15N3O3S. The van der Waals surface area contributed by atoms with Crippen molar-refractivity contribution in [1.29, 1.82) is 5.26 Å². The van der Waals surface area contributed by atoms with Crippen LogP contribution in [-0.2, 0) is 11.2 Å². The number of aliphatic hydroxyl groups is 1. The van der Waals surface area contributed by atoms with Gasteiger partial charge in [-0.05, 0) is 24.6 Å². The second kappa shape index (κ2) is 6.30. The van der Waals surface area contributed by atoms with E-state index in [2.05, 4.69) is 11.1 Å². The van der Waals surface area contributed by atoms with Crippen molar-refractivity contribution >= 4 is 33.3 Å². The van der Waals surface area contributed by atoms with E-state index in [9.17, 15) is 4.79 Å². The van der Waals surface area contributed by atoms with E-state index in [0.717, 1.165) is 33.8 Å². The first kappa shape index (κ1) is 14.8. The highest BCUT2D eigenvalue weighted by atomic mass is 32.1. The summed E-state index contributed by atoms with van der Waals surface area (Å²) < 4.78 is 6.06. The Bertz CT molecular complexity index is 737.